The number of rotatable bonds is 4. The van der Waals surface area contributed by atoms with Crippen LogP contribution >= 0.6 is 0 Å². The summed E-state index contributed by atoms with van der Waals surface area (Å²) < 4.78 is 16.0. The van der Waals surface area contributed by atoms with Gasteiger partial charge >= 0.3 is 5.97 Å². The van der Waals surface area contributed by atoms with Gasteiger partial charge in [-0.2, -0.15) is 4.98 Å². The number of carbonyl (C=O) groups excluding carboxylic acids is 1. The molecule has 0 amide bonds. The van der Waals surface area contributed by atoms with E-state index in [0.717, 1.165) is 11.1 Å². The van der Waals surface area contributed by atoms with Crippen LogP contribution in [0.2, 0.25) is 0 Å². The van der Waals surface area contributed by atoms with Crippen molar-refractivity contribution in [3.8, 4) is 11.8 Å². The molecule has 130 valence electrons. The SMILES string of the molecule is CO/N=C1/CC(c2cccc(C(=O)OC)c2)Oc2nc(OC)ccc21. The van der Waals surface area contributed by atoms with Crippen molar-refractivity contribution in [1.82, 2.24) is 4.98 Å². The van der Waals surface area contributed by atoms with E-state index in [-0.39, 0.29) is 6.10 Å². The van der Waals surface area contributed by atoms with Crippen LogP contribution in [0.5, 0.6) is 11.8 Å². The number of benzene rings is 1. The van der Waals surface area contributed by atoms with Gasteiger partial charge < -0.3 is 19.0 Å². The molecule has 1 aliphatic heterocycles. The lowest BCUT2D eigenvalue weighted by molar-refractivity contribution is 0.0600. The molecular formula is C18H18N2O5. The van der Waals surface area contributed by atoms with Crippen LogP contribution in [-0.2, 0) is 9.57 Å². The van der Waals surface area contributed by atoms with Gasteiger partial charge in [-0.3, -0.25) is 0 Å². The van der Waals surface area contributed by atoms with Crippen LogP contribution < -0.4 is 9.47 Å². The molecule has 0 saturated heterocycles. The first kappa shape index (κ1) is 16.8. The number of esters is 1. The van der Waals surface area contributed by atoms with E-state index in [2.05, 4.69) is 10.1 Å². The van der Waals surface area contributed by atoms with Crippen molar-refractivity contribution in [1.29, 1.82) is 0 Å². The molecule has 1 unspecified atom stereocenters. The second kappa shape index (κ2) is 7.21. The van der Waals surface area contributed by atoms with E-state index >= 15 is 0 Å². The summed E-state index contributed by atoms with van der Waals surface area (Å²) in [7, 11) is 4.38. The number of pyridine rings is 1. The van der Waals surface area contributed by atoms with Gasteiger partial charge in [0.2, 0.25) is 11.8 Å². The van der Waals surface area contributed by atoms with Crippen LogP contribution in [0.15, 0.2) is 41.6 Å². The number of carbonyl (C=O) groups is 1. The highest BCUT2D eigenvalue weighted by Gasteiger charge is 2.29. The third-order valence-corrected chi connectivity index (χ3v) is 3.87. The van der Waals surface area contributed by atoms with Crippen LogP contribution in [0.4, 0.5) is 0 Å². The third kappa shape index (κ3) is 3.40. The molecule has 0 radical (unpaired) electrons. The van der Waals surface area contributed by atoms with E-state index < -0.39 is 5.97 Å². The Morgan fingerprint density at radius 2 is 2.08 bits per heavy atom. The summed E-state index contributed by atoms with van der Waals surface area (Å²) in [6, 6.07) is 10.7. The number of oxime groups is 1. The van der Waals surface area contributed by atoms with Crippen LogP contribution in [-0.4, -0.2) is 38.0 Å². The molecule has 0 N–H and O–H groups in total. The van der Waals surface area contributed by atoms with Crippen LogP contribution in [0.25, 0.3) is 0 Å². The van der Waals surface area contributed by atoms with E-state index in [1.165, 1.54) is 14.2 Å². The minimum Gasteiger partial charge on any atom is -0.481 e. The van der Waals surface area contributed by atoms with Crippen molar-refractivity contribution < 1.29 is 23.8 Å². The summed E-state index contributed by atoms with van der Waals surface area (Å²) in [5.74, 6) is 0.456. The number of nitrogens with zero attached hydrogens (tertiary/aromatic N) is 2. The lowest BCUT2D eigenvalue weighted by atomic mass is 9.96. The van der Waals surface area contributed by atoms with Crippen molar-refractivity contribution >= 4 is 11.7 Å². The number of hydrogen-bond acceptors (Lipinski definition) is 7. The average molecular weight is 342 g/mol. The lowest BCUT2D eigenvalue weighted by Crippen LogP contribution is -2.22. The maximum atomic E-state index is 11.8. The zero-order chi connectivity index (χ0) is 17.8. The van der Waals surface area contributed by atoms with Gasteiger partial charge in [0.05, 0.1) is 31.1 Å². The summed E-state index contributed by atoms with van der Waals surface area (Å²) in [5, 5.41) is 4.09. The summed E-state index contributed by atoms with van der Waals surface area (Å²) in [5.41, 5.74) is 2.75. The van der Waals surface area contributed by atoms with Gasteiger partial charge in [0.15, 0.2) is 0 Å². The van der Waals surface area contributed by atoms with Crippen molar-refractivity contribution in [2.24, 2.45) is 5.16 Å². The van der Waals surface area contributed by atoms with Gasteiger partial charge in [-0.1, -0.05) is 17.3 Å². The second-order valence-corrected chi connectivity index (χ2v) is 5.35. The minimum absolute atomic E-state index is 0.356. The minimum atomic E-state index is -0.399. The topological polar surface area (TPSA) is 79.2 Å². The molecule has 0 fully saturated rings. The zero-order valence-electron chi connectivity index (χ0n) is 14.2. The number of fused-ring (bicyclic) bond motifs is 1. The predicted molar refractivity (Wildman–Crippen MR) is 90.1 cm³/mol. The summed E-state index contributed by atoms with van der Waals surface area (Å²) in [6.45, 7) is 0. The highest BCUT2D eigenvalue weighted by atomic mass is 16.6. The Balaban J connectivity index is 1.99. The summed E-state index contributed by atoms with van der Waals surface area (Å²) in [4.78, 5) is 21.1. The van der Waals surface area contributed by atoms with Crippen molar-refractivity contribution in [3.63, 3.8) is 0 Å². The average Bonchev–Trinajstić information content (AvgIpc) is 2.67. The molecule has 0 saturated carbocycles. The molecule has 7 nitrogen and oxygen atoms in total. The van der Waals surface area contributed by atoms with E-state index in [0.29, 0.717) is 29.5 Å². The zero-order valence-corrected chi connectivity index (χ0v) is 14.2. The molecule has 7 heteroatoms. The molecule has 2 aromatic rings. The Morgan fingerprint density at radius 3 is 2.80 bits per heavy atom. The Labute approximate surface area is 145 Å². The molecule has 0 spiro atoms. The number of methoxy groups -OCH3 is 2. The maximum Gasteiger partial charge on any atom is 0.337 e. The van der Waals surface area contributed by atoms with Crippen molar-refractivity contribution in [2.45, 2.75) is 12.5 Å². The third-order valence-electron chi connectivity index (χ3n) is 3.87. The first-order valence-electron chi connectivity index (χ1n) is 7.66. The van der Waals surface area contributed by atoms with Gasteiger partial charge in [0.25, 0.3) is 0 Å². The Kier molecular flexibility index (Phi) is 4.83. The van der Waals surface area contributed by atoms with Crippen molar-refractivity contribution in [2.75, 3.05) is 21.3 Å². The number of aromatic nitrogens is 1. The van der Waals surface area contributed by atoms with E-state index in [4.69, 9.17) is 19.0 Å². The van der Waals surface area contributed by atoms with E-state index in [1.54, 1.807) is 31.4 Å². The summed E-state index contributed by atoms with van der Waals surface area (Å²) >= 11 is 0. The highest BCUT2D eigenvalue weighted by Crippen LogP contribution is 2.35. The molecule has 3 rings (SSSR count). The fourth-order valence-electron chi connectivity index (χ4n) is 2.67. The van der Waals surface area contributed by atoms with Crippen LogP contribution in [0, 0.1) is 0 Å². The molecule has 1 aromatic carbocycles. The smallest absolute Gasteiger partial charge is 0.337 e. The Morgan fingerprint density at radius 1 is 1.24 bits per heavy atom. The first-order chi connectivity index (χ1) is 12.2. The molecule has 0 aliphatic carbocycles. The maximum absolute atomic E-state index is 11.8. The van der Waals surface area contributed by atoms with Crippen LogP contribution in [0.3, 0.4) is 0 Å². The largest absolute Gasteiger partial charge is 0.481 e. The standard InChI is InChI=1S/C18H18N2O5/c1-22-16-8-7-13-14(20-24-3)10-15(25-17(13)19-16)11-5-4-6-12(9-11)18(21)23-2/h4-9,15H,10H2,1-3H3/b20-14-. The number of ether oxygens (including phenoxy) is 3. The van der Waals surface area contributed by atoms with Gasteiger partial charge in [-0.15, -0.1) is 0 Å². The van der Waals surface area contributed by atoms with Crippen LogP contribution in [0.1, 0.15) is 34.0 Å². The normalized spacial score (nSPS) is 17.4. The van der Waals surface area contributed by atoms with Gasteiger partial charge in [0.1, 0.15) is 13.2 Å². The second-order valence-electron chi connectivity index (χ2n) is 5.35. The molecule has 1 aliphatic rings. The quantitative estimate of drug-likeness (QED) is 0.628. The van der Waals surface area contributed by atoms with Gasteiger partial charge in [-0.05, 0) is 23.8 Å². The molecule has 0 bridgehead atoms. The summed E-state index contributed by atoms with van der Waals surface area (Å²) in [6.07, 6.45) is 0.130. The fraction of sp³-hybridized carbons (Fsp3) is 0.278. The predicted octanol–water partition coefficient (Wildman–Crippen LogP) is 2.75. The Hall–Kier alpha value is -3.09. The molecule has 1 aromatic heterocycles. The first-order valence-corrected chi connectivity index (χ1v) is 7.66. The van der Waals surface area contributed by atoms with Gasteiger partial charge in [0, 0.05) is 12.5 Å². The molecule has 25 heavy (non-hydrogen) atoms. The molecule has 2 heterocycles. The molecular weight excluding hydrogens is 324 g/mol. The number of hydrogen-bond donors (Lipinski definition) is 0. The Bertz CT molecular complexity index is 819. The lowest BCUT2D eigenvalue weighted by Gasteiger charge is -2.26. The van der Waals surface area contributed by atoms with Crippen molar-refractivity contribution in [3.05, 3.63) is 53.1 Å². The fourth-order valence-corrected chi connectivity index (χ4v) is 2.67. The molecule has 1 atom stereocenters. The van der Waals surface area contributed by atoms with E-state index in [1.807, 2.05) is 12.1 Å². The monoisotopic (exact) mass is 342 g/mol. The highest BCUT2D eigenvalue weighted by molar-refractivity contribution is 6.03. The van der Waals surface area contributed by atoms with Gasteiger partial charge in [-0.25, -0.2) is 4.79 Å². The van der Waals surface area contributed by atoms with E-state index in [9.17, 15) is 4.79 Å².